The van der Waals surface area contributed by atoms with Crippen molar-refractivity contribution >= 4 is 10.9 Å². The zero-order chi connectivity index (χ0) is 23.8. The van der Waals surface area contributed by atoms with E-state index in [2.05, 4.69) is 18.3 Å². The van der Waals surface area contributed by atoms with E-state index in [1.165, 1.54) is 11.1 Å². The highest BCUT2D eigenvalue weighted by Gasteiger charge is 2.45. The Morgan fingerprint density at radius 3 is 2.76 bits per heavy atom. The van der Waals surface area contributed by atoms with Crippen LogP contribution in [0.15, 0.2) is 42.6 Å². The lowest BCUT2D eigenvalue weighted by atomic mass is 9.99. The SMILES string of the molecule is Cn1cc(CCc2ccc3c(c2)CCO3)c2c(OO[C@H]3C(O)O[C@H](CO)[C@@H](O)[C@@H]3O)cccc21. The van der Waals surface area contributed by atoms with Crippen molar-refractivity contribution in [3.05, 3.63) is 59.3 Å². The van der Waals surface area contributed by atoms with Crippen LogP contribution in [-0.2, 0) is 35.9 Å². The third-order valence-electron chi connectivity index (χ3n) is 6.58. The molecule has 0 radical (unpaired) electrons. The number of hydrogen-bond acceptors (Lipinski definition) is 8. The Labute approximate surface area is 196 Å². The number of hydrogen-bond donors (Lipinski definition) is 4. The van der Waals surface area contributed by atoms with Gasteiger partial charge in [0.1, 0.15) is 24.1 Å². The monoisotopic (exact) mass is 471 g/mol. The standard InChI is InChI=1S/C25H29NO8/c1-26-12-16(7-5-14-6-8-18-15(11-14)9-10-31-18)21-17(26)3-2-4-19(21)33-34-24-23(29)22(28)20(13-27)32-25(24)30/h2-4,6,8,11-12,20,22-25,27-30H,5,7,9-10,13H2,1H3/t20-,22-,23+,24-,25?/m1/s1. The molecule has 5 rings (SSSR count). The Kier molecular flexibility index (Phi) is 6.48. The third-order valence-corrected chi connectivity index (χ3v) is 6.58. The van der Waals surface area contributed by atoms with Crippen LogP contribution in [-0.4, -0.2) is 68.9 Å². The van der Waals surface area contributed by atoms with Gasteiger partial charge in [-0.25, -0.2) is 0 Å². The van der Waals surface area contributed by atoms with E-state index in [4.69, 9.17) is 19.2 Å². The molecule has 1 aromatic heterocycles. The zero-order valence-corrected chi connectivity index (χ0v) is 18.8. The van der Waals surface area contributed by atoms with Crippen molar-refractivity contribution in [3.8, 4) is 11.5 Å². The van der Waals surface area contributed by atoms with Gasteiger partial charge in [-0.1, -0.05) is 18.2 Å². The molecule has 1 fully saturated rings. The van der Waals surface area contributed by atoms with Gasteiger partial charge in [0.05, 0.1) is 18.7 Å². The number of fused-ring (bicyclic) bond motifs is 2. The Bertz CT molecular complexity index is 1160. The lowest BCUT2D eigenvalue weighted by Crippen LogP contribution is -2.59. The minimum Gasteiger partial charge on any atom is -0.493 e. The van der Waals surface area contributed by atoms with Crippen LogP contribution in [0.4, 0.5) is 0 Å². The summed E-state index contributed by atoms with van der Waals surface area (Å²) in [4.78, 5) is 10.9. The van der Waals surface area contributed by atoms with Gasteiger partial charge in [-0.3, -0.25) is 0 Å². The van der Waals surface area contributed by atoms with Gasteiger partial charge in [-0.15, -0.1) is 0 Å². The van der Waals surface area contributed by atoms with Crippen molar-refractivity contribution in [3.63, 3.8) is 0 Å². The maximum absolute atomic E-state index is 10.3. The Morgan fingerprint density at radius 1 is 1.09 bits per heavy atom. The fourth-order valence-corrected chi connectivity index (χ4v) is 4.72. The van der Waals surface area contributed by atoms with Gasteiger partial charge in [-0.2, -0.15) is 4.89 Å². The molecule has 3 aromatic rings. The molecule has 34 heavy (non-hydrogen) atoms. The first-order chi connectivity index (χ1) is 16.5. The predicted octanol–water partition coefficient (Wildman–Crippen LogP) is 1.01. The van der Waals surface area contributed by atoms with Gasteiger partial charge < -0.3 is 39.4 Å². The van der Waals surface area contributed by atoms with Gasteiger partial charge in [0.2, 0.25) is 0 Å². The van der Waals surface area contributed by atoms with Crippen LogP contribution in [0.25, 0.3) is 10.9 Å². The molecule has 1 unspecified atom stereocenters. The largest absolute Gasteiger partial charge is 0.493 e. The van der Waals surface area contributed by atoms with E-state index in [9.17, 15) is 20.4 Å². The van der Waals surface area contributed by atoms with Crippen molar-refractivity contribution in [2.75, 3.05) is 13.2 Å². The normalized spacial score (nSPS) is 26.4. The topological polar surface area (TPSA) is 123 Å². The molecule has 3 heterocycles. The summed E-state index contributed by atoms with van der Waals surface area (Å²) in [5.74, 6) is 1.39. The molecule has 2 aliphatic rings. The summed E-state index contributed by atoms with van der Waals surface area (Å²) in [6, 6.07) is 11.9. The van der Waals surface area contributed by atoms with E-state index in [0.717, 1.165) is 48.1 Å². The van der Waals surface area contributed by atoms with Gasteiger partial charge >= 0.3 is 0 Å². The maximum atomic E-state index is 10.3. The molecule has 0 spiro atoms. The van der Waals surface area contributed by atoms with Crippen LogP contribution in [0.5, 0.6) is 11.5 Å². The van der Waals surface area contributed by atoms with Crippen LogP contribution in [0, 0.1) is 0 Å². The molecular weight excluding hydrogens is 442 g/mol. The second kappa shape index (κ2) is 9.53. The highest BCUT2D eigenvalue weighted by molar-refractivity contribution is 5.90. The number of aliphatic hydroxyl groups excluding tert-OH is 4. The zero-order valence-electron chi connectivity index (χ0n) is 18.8. The molecule has 2 aliphatic heterocycles. The number of aryl methyl sites for hydroxylation is 3. The lowest BCUT2D eigenvalue weighted by Gasteiger charge is -2.38. The number of ether oxygens (including phenoxy) is 2. The lowest BCUT2D eigenvalue weighted by molar-refractivity contribution is -0.364. The van der Waals surface area contributed by atoms with Crippen molar-refractivity contribution in [1.29, 1.82) is 0 Å². The molecule has 9 heteroatoms. The Morgan fingerprint density at radius 2 is 1.94 bits per heavy atom. The summed E-state index contributed by atoms with van der Waals surface area (Å²) >= 11 is 0. The van der Waals surface area contributed by atoms with Gasteiger partial charge in [0, 0.05) is 25.1 Å². The van der Waals surface area contributed by atoms with Crippen LogP contribution >= 0.6 is 0 Å². The van der Waals surface area contributed by atoms with E-state index in [1.807, 2.05) is 29.8 Å². The molecule has 4 N–H and O–H groups in total. The van der Waals surface area contributed by atoms with E-state index in [-0.39, 0.29) is 0 Å². The average Bonchev–Trinajstić information content (AvgIpc) is 3.44. The summed E-state index contributed by atoms with van der Waals surface area (Å²) in [6.07, 6.45) is -2.37. The molecule has 0 saturated carbocycles. The molecule has 9 nitrogen and oxygen atoms in total. The third kappa shape index (κ3) is 4.26. The van der Waals surface area contributed by atoms with Gasteiger partial charge in [-0.05, 0) is 47.7 Å². The molecular formula is C25H29NO8. The van der Waals surface area contributed by atoms with Crippen molar-refractivity contribution in [1.82, 2.24) is 4.57 Å². The first-order valence-corrected chi connectivity index (χ1v) is 11.4. The van der Waals surface area contributed by atoms with E-state index in [1.54, 1.807) is 6.07 Å². The van der Waals surface area contributed by atoms with Gasteiger partial charge in [0.15, 0.2) is 18.1 Å². The minimum absolute atomic E-state index is 0.425. The molecule has 2 aromatic carbocycles. The molecule has 1 saturated heterocycles. The van der Waals surface area contributed by atoms with Gasteiger partial charge in [0.25, 0.3) is 0 Å². The summed E-state index contributed by atoms with van der Waals surface area (Å²) in [5.41, 5.74) is 4.48. The number of aliphatic hydroxyl groups is 4. The van der Waals surface area contributed by atoms with E-state index >= 15 is 0 Å². The fraction of sp³-hybridized carbons (Fsp3) is 0.440. The van der Waals surface area contributed by atoms with Crippen molar-refractivity contribution < 1.29 is 39.7 Å². The van der Waals surface area contributed by atoms with E-state index < -0.39 is 37.3 Å². The number of nitrogens with zero attached hydrogens (tertiary/aromatic N) is 1. The number of benzene rings is 2. The van der Waals surface area contributed by atoms with Crippen LogP contribution in [0.1, 0.15) is 16.7 Å². The quantitative estimate of drug-likeness (QED) is 0.298. The molecule has 182 valence electrons. The Balaban J connectivity index is 1.34. The molecule has 0 bridgehead atoms. The number of rotatable bonds is 7. The van der Waals surface area contributed by atoms with Crippen LogP contribution in [0.3, 0.4) is 0 Å². The smallest absolute Gasteiger partial charge is 0.188 e. The molecule has 0 aliphatic carbocycles. The Hall–Kier alpha value is -2.66. The number of aromatic nitrogens is 1. The highest BCUT2D eigenvalue weighted by atomic mass is 17.2. The molecule has 5 atom stereocenters. The van der Waals surface area contributed by atoms with E-state index in [0.29, 0.717) is 5.75 Å². The average molecular weight is 472 g/mol. The minimum atomic E-state index is -1.58. The second-order valence-corrected chi connectivity index (χ2v) is 8.83. The summed E-state index contributed by atoms with van der Waals surface area (Å²) < 4.78 is 12.7. The van der Waals surface area contributed by atoms with Crippen molar-refractivity contribution in [2.24, 2.45) is 7.05 Å². The van der Waals surface area contributed by atoms with Crippen LogP contribution in [0.2, 0.25) is 0 Å². The molecule has 0 amide bonds. The first kappa shape index (κ1) is 23.1. The maximum Gasteiger partial charge on any atom is 0.188 e. The summed E-state index contributed by atoms with van der Waals surface area (Å²) in [6.45, 7) is 0.183. The van der Waals surface area contributed by atoms with Crippen molar-refractivity contribution in [2.45, 2.75) is 50.0 Å². The summed E-state index contributed by atoms with van der Waals surface area (Å²) in [5, 5.41) is 40.7. The summed E-state index contributed by atoms with van der Waals surface area (Å²) in [7, 11) is 1.96. The first-order valence-electron chi connectivity index (χ1n) is 11.4. The fourth-order valence-electron chi connectivity index (χ4n) is 4.72. The predicted molar refractivity (Wildman–Crippen MR) is 121 cm³/mol. The second-order valence-electron chi connectivity index (χ2n) is 8.83. The van der Waals surface area contributed by atoms with Crippen LogP contribution < -0.4 is 9.62 Å². The highest BCUT2D eigenvalue weighted by Crippen LogP contribution is 2.33.